The van der Waals surface area contributed by atoms with E-state index in [2.05, 4.69) is 10.7 Å². The molecule has 1 atom stereocenters. The number of thiocarbonyl (C=S) groups is 1. The van der Waals surface area contributed by atoms with Gasteiger partial charge in [0.05, 0.1) is 12.5 Å². The summed E-state index contributed by atoms with van der Waals surface area (Å²) >= 11 is 5.00. The first-order valence-electron chi connectivity index (χ1n) is 5.56. The van der Waals surface area contributed by atoms with Crippen molar-refractivity contribution < 1.29 is 9.59 Å². The number of nitrogens with one attached hydrogen (secondary N) is 2. The second kappa shape index (κ2) is 5.14. The minimum atomic E-state index is -0.249. The number of amides is 2. The molecule has 0 bridgehead atoms. The smallest absolute Gasteiger partial charge is 0.269 e. The Bertz CT molecular complexity index is 489. The highest BCUT2D eigenvalue weighted by Gasteiger charge is 2.27. The number of hydrogen-bond donors (Lipinski definition) is 2. The van der Waals surface area contributed by atoms with E-state index in [-0.39, 0.29) is 22.8 Å². The van der Waals surface area contributed by atoms with Gasteiger partial charge < -0.3 is 5.32 Å². The lowest BCUT2D eigenvalue weighted by Gasteiger charge is -2.32. The first-order chi connectivity index (χ1) is 8.58. The van der Waals surface area contributed by atoms with Crippen LogP contribution in [0.5, 0.6) is 0 Å². The van der Waals surface area contributed by atoms with Gasteiger partial charge in [-0.2, -0.15) is 0 Å². The number of carbonyl (C=O) groups is 2. The van der Waals surface area contributed by atoms with Gasteiger partial charge >= 0.3 is 0 Å². The lowest BCUT2D eigenvalue weighted by Crippen LogP contribution is -2.59. The van der Waals surface area contributed by atoms with Crippen molar-refractivity contribution in [1.82, 2.24) is 15.8 Å². The normalized spacial score (nSPS) is 19.4. The minimum absolute atomic E-state index is 0.120. The number of carbonyl (C=O) groups excluding carboxylic acids is 2. The predicted molar refractivity (Wildman–Crippen MR) is 70.5 cm³/mol. The van der Waals surface area contributed by atoms with E-state index >= 15 is 0 Å². The van der Waals surface area contributed by atoms with Crippen molar-refractivity contribution in [2.45, 2.75) is 6.92 Å². The van der Waals surface area contributed by atoms with Crippen LogP contribution >= 0.6 is 12.2 Å². The van der Waals surface area contributed by atoms with Crippen LogP contribution < -0.4 is 10.7 Å². The average Bonchev–Trinajstić information content (AvgIpc) is 2.37. The van der Waals surface area contributed by atoms with Crippen LogP contribution in [0.3, 0.4) is 0 Å². The number of rotatable bonds is 2. The van der Waals surface area contributed by atoms with Crippen LogP contribution in [0.15, 0.2) is 30.3 Å². The minimum Gasteiger partial charge on any atom is -0.301 e. The topological polar surface area (TPSA) is 61.4 Å². The van der Waals surface area contributed by atoms with E-state index in [1.165, 1.54) is 5.01 Å². The van der Waals surface area contributed by atoms with Crippen molar-refractivity contribution >= 4 is 29.1 Å². The van der Waals surface area contributed by atoms with Crippen molar-refractivity contribution in [2.24, 2.45) is 5.92 Å². The Balaban J connectivity index is 2.04. The van der Waals surface area contributed by atoms with Gasteiger partial charge in [-0.05, 0) is 24.4 Å². The van der Waals surface area contributed by atoms with E-state index < -0.39 is 0 Å². The first kappa shape index (κ1) is 12.5. The molecule has 1 fully saturated rings. The van der Waals surface area contributed by atoms with Gasteiger partial charge in [-0.3, -0.25) is 20.0 Å². The maximum Gasteiger partial charge on any atom is 0.269 e. The van der Waals surface area contributed by atoms with E-state index in [1.807, 2.05) is 6.07 Å². The lowest BCUT2D eigenvalue weighted by molar-refractivity contribution is -0.124. The maximum atomic E-state index is 11.9. The number of hydrogen-bond acceptors (Lipinski definition) is 3. The van der Waals surface area contributed by atoms with Gasteiger partial charge in [-0.15, -0.1) is 0 Å². The SMILES string of the molecule is CC1CN(NC(=O)c2ccccc2)C(=S)NC1=O. The highest BCUT2D eigenvalue weighted by Crippen LogP contribution is 2.06. The largest absolute Gasteiger partial charge is 0.301 e. The summed E-state index contributed by atoms with van der Waals surface area (Å²) in [4.78, 5) is 23.3. The molecule has 94 valence electrons. The van der Waals surface area contributed by atoms with Gasteiger partial charge in [-0.1, -0.05) is 25.1 Å². The third kappa shape index (κ3) is 2.65. The summed E-state index contributed by atoms with van der Waals surface area (Å²) in [7, 11) is 0. The standard InChI is InChI=1S/C12H13N3O2S/c1-8-7-15(12(18)13-10(8)16)14-11(17)9-5-3-2-4-6-9/h2-6,8H,7H2,1H3,(H,14,17)(H,13,16,18). The molecule has 1 saturated heterocycles. The molecule has 18 heavy (non-hydrogen) atoms. The molecule has 0 radical (unpaired) electrons. The highest BCUT2D eigenvalue weighted by molar-refractivity contribution is 7.80. The molecule has 1 heterocycles. The molecule has 5 nitrogen and oxygen atoms in total. The van der Waals surface area contributed by atoms with Crippen molar-refractivity contribution in [2.75, 3.05) is 6.54 Å². The van der Waals surface area contributed by atoms with E-state index in [0.717, 1.165) is 0 Å². The summed E-state index contributed by atoms with van der Waals surface area (Å²) in [5, 5.41) is 4.25. The molecule has 2 rings (SSSR count). The zero-order valence-electron chi connectivity index (χ0n) is 9.84. The summed E-state index contributed by atoms with van der Waals surface area (Å²) in [6.07, 6.45) is 0. The Hall–Kier alpha value is -1.95. The summed E-state index contributed by atoms with van der Waals surface area (Å²) in [5.41, 5.74) is 3.22. The number of benzene rings is 1. The Labute approximate surface area is 110 Å². The molecule has 1 aromatic rings. The molecule has 1 unspecified atom stereocenters. The molecule has 1 aliphatic rings. The van der Waals surface area contributed by atoms with Crippen LogP contribution in [0.2, 0.25) is 0 Å². The van der Waals surface area contributed by atoms with Gasteiger partial charge in [0.15, 0.2) is 5.11 Å². The van der Waals surface area contributed by atoms with Gasteiger partial charge in [0.2, 0.25) is 5.91 Å². The third-order valence-corrected chi connectivity index (χ3v) is 2.97. The first-order valence-corrected chi connectivity index (χ1v) is 5.97. The Kier molecular flexibility index (Phi) is 3.57. The molecule has 0 spiro atoms. The van der Waals surface area contributed by atoms with Crippen LogP contribution in [0.1, 0.15) is 17.3 Å². The van der Waals surface area contributed by atoms with Gasteiger partial charge in [0.25, 0.3) is 5.91 Å². The zero-order chi connectivity index (χ0) is 13.1. The van der Waals surface area contributed by atoms with E-state index in [1.54, 1.807) is 31.2 Å². The summed E-state index contributed by atoms with van der Waals surface area (Å²) in [5.74, 6) is -0.584. The van der Waals surface area contributed by atoms with Crippen LogP contribution in [0, 0.1) is 5.92 Å². The monoisotopic (exact) mass is 263 g/mol. The second-order valence-electron chi connectivity index (χ2n) is 4.11. The second-order valence-corrected chi connectivity index (χ2v) is 4.50. The molecule has 0 saturated carbocycles. The zero-order valence-corrected chi connectivity index (χ0v) is 10.7. The van der Waals surface area contributed by atoms with Crippen molar-refractivity contribution in [1.29, 1.82) is 0 Å². The third-order valence-electron chi connectivity index (χ3n) is 2.65. The van der Waals surface area contributed by atoms with Gasteiger partial charge in [0, 0.05) is 5.56 Å². The van der Waals surface area contributed by atoms with Gasteiger partial charge in [0.1, 0.15) is 0 Å². The van der Waals surface area contributed by atoms with Crippen LogP contribution in [0.4, 0.5) is 0 Å². The van der Waals surface area contributed by atoms with E-state index in [4.69, 9.17) is 12.2 Å². The fourth-order valence-corrected chi connectivity index (χ4v) is 1.83. The number of hydrazine groups is 1. The van der Waals surface area contributed by atoms with E-state index in [9.17, 15) is 9.59 Å². The lowest BCUT2D eigenvalue weighted by atomic mass is 10.1. The molecular formula is C12H13N3O2S. The molecule has 2 amide bonds. The number of nitrogens with zero attached hydrogens (tertiary/aromatic N) is 1. The average molecular weight is 263 g/mol. The van der Waals surface area contributed by atoms with Crippen molar-refractivity contribution in [3.63, 3.8) is 0 Å². The molecule has 2 N–H and O–H groups in total. The molecular weight excluding hydrogens is 250 g/mol. The molecule has 1 aromatic carbocycles. The quantitative estimate of drug-likeness (QED) is 0.771. The fourth-order valence-electron chi connectivity index (χ4n) is 1.61. The molecule has 0 aromatic heterocycles. The molecule has 6 heteroatoms. The van der Waals surface area contributed by atoms with Crippen LogP contribution in [-0.2, 0) is 4.79 Å². The predicted octanol–water partition coefficient (Wildman–Crippen LogP) is 0.684. The Morgan fingerprint density at radius 1 is 1.44 bits per heavy atom. The highest BCUT2D eigenvalue weighted by atomic mass is 32.1. The molecule has 1 aliphatic heterocycles. The van der Waals surface area contributed by atoms with Crippen molar-refractivity contribution in [3.05, 3.63) is 35.9 Å². The van der Waals surface area contributed by atoms with Crippen LogP contribution in [0.25, 0.3) is 0 Å². The Morgan fingerprint density at radius 3 is 2.78 bits per heavy atom. The summed E-state index contributed by atoms with van der Waals surface area (Å²) in [6.45, 7) is 2.15. The van der Waals surface area contributed by atoms with Crippen LogP contribution in [-0.4, -0.2) is 28.5 Å². The fraction of sp³-hybridized carbons (Fsp3) is 0.250. The van der Waals surface area contributed by atoms with E-state index in [0.29, 0.717) is 12.1 Å². The maximum absolute atomic E-state index is 11.9. The molecule has 0 aliphatic carbocycles. The Morgan fingerprint density at radius 2 is 2.11 bits per heavy atom. The van der Waals surface area contributed by atoms with Gasteiger partial charge in [-0.25, -0.2) is 0 Å². The summed E-state index contributed by atoms with van der Waals surface area (Å²) in [6, 6.07) is 8.83. The van der Waals surface area contributed by atoms with Crippen molar-refractivity contribution in [3.8, 4) is 0 Å². The summed E-state index contributed by atoms with van der Waals surface area (Å²) < 4.78 is 0.